The van der Waals surface area contributed by atoms with Crippen molar-refractivity contribution in [3.8, 4) is 0 Å². The summed E-state index contributed by atoms with van der Waals surface area (Å²) in [6.45, 7) is 3.16. The Morgan fingerprint density at radius 1 is 1.50 bits per heavy atom. The van der Waals surface area contributed by atoms with Gasteiger partial charge in [-0.1, -0.05) is 6.92 Å². The van der Waals surface area contributed by atoms with Crippen LogP contribution in [0.5, 0.6) is 0 Å². The van der Waals surface area contributed by atoms with Crippen LogP contribution < -0.4 is 5.73 Å². The van der Waals surface area contributed by atoms with Gasteiger partial charge in [0.05, 0.1) is 4.90 Å². The summed E-state index contributed by atoms with van der Waals surface area (Å²) in [5.41, 5.74) is 5.55. The second-order valence-electron chi connectivity index (χ2n) is 4.72. The summed E-state index contributed by atoms with van der Waals surface area (Å²) in [6, 6.07) is 2.92. The lowest BCUT2D eigenvalue weighted by Crippen LogP contribution is -2.33. The van der Waals surface area contributed by atoms with Crippen LogP contribution in [0.1, 0.15) is 26.2 Å². The summed E-state index contributed by atoms with van der Waals surface area (Å²) < 4.78 is 26.5. The van der Waals surface area contributed by atoms with Gasteiger partial charge in [-0.15, -0.1) is 0 Å². The molecule has 0 unspecified atom stereocenters. The fourth-order valence-electron chi connectivity index (χ4n) is 1.88. The molecule has 1 fully saturated rings. The van der Waals surface area contributed by atoms with Crippen molar-refractivity contribution in [3.05, 3.63) is 18.3 Å². The summed E-state index contributed by atoms with van der Waals surface area (Å²) in [5.74, 6) is 0.768. The van der Waals surface area contributed by atoms with Gasteiger partial charge in [0.2, 0.25) is 10.0 Å². The molecule has 0 saturated heterocycles. The first-order valence-corrected chi connectivity index (χ1v) is 7.69. The number of anilines is 1. The Morgan fingerprint density at radius 3 is 2.78 bits per heavy atom. The number of nitrogens with two attached hydrogens (primary N) is 1. The number of nitrogens with zero attached hydrogens (tertiary/aromatic N) is 2. The highest BCUT2D eigenvalue weighted by atomic mass is 32.2. The van der Waals surface area contributed by atoms with Crippen molar-refractivity contribution in [2.75, 3.05) is 18.8 Å². The molecule has 1 saturated carbocycles. The van der Waals surface area contributed by atoms with Crippen molar-refractivity contribution in [2.24, 2.45) is 5.92 Å². The van der Waals surface area contributed by atoms with Crippen LogP contribution in [-0.4, -0.2) is 30.8 Å². The predicted molar refractivity (Wildman–Crippen MR) is 70.4 cm³/mol. The number of sulfonamides is 1. The lowest BCUT2D eigenvalue weighted by atomic mass is 10.4. The highest BCUT2D eigenvalue weighted by Crippen LogP contribution is 2.31. The van der Waals surface area contributed by atoms with Gasteiger partial charge in [0, 0.05) is 25.4 Å². The van der Waals surface area contributed by atoms with Crippen LogP contribution in [0.25, 0.3) is 0 Å². The first-order chi connectivity index (χ1) is 8.54. The second kappa shape index (κ2) is 5.24. The van der Waals surface area contributed by atoms with Gasteiger partial charge in [0.15, 0.2) is 0 Å². The number of nitrogen functional groups attached to an aromatic ring is 1. The average Bonchev–Trinajstić information content (AvgIpc) is 3.12. The Labute approximate surface area is 108 Å². The van der Waals surface area contributed by atoms with Crippen LogP contribution in [0.4, 0.5) is 5.82 Å². The minimum absolute atomic E-state index is 0.235. The van der Waals surface area contributed by atoms with E-state index in [1.807, 2.05) is 6.92 Å². The normalized spacial score (nSPS) is 16.1. The molecule has 0 atom stereocenters. The molecule has 5 nitrogen and oxygen atoms in total. The third-order valence-corrected chi connectivity index (χ3v) is 4.88. The molecule has 1 heterocycles. The van der Waals surface area contributed by atoms with Gasteiger partial charge in [-0.3, -0.25) is 0 Å². The molecule has 100 valence electrons. The smallest absolute Gasteiger partial charge is 0.243 e. The largest absolute Gasteiger partial charge is 0.384 e. The minimum atomic E-state index is -3.43. The molecule has 0 spiro atoms. The molecular weight excluding hydrogens is 250 g/mol. The zero-order chi connectivity index (χ0) is 13.2. The number of pyridine rings is 1. The highest BCUT2D eigenvalue weighted by molar-refractivity contribution is 7.89. The number of hydrogen-bond donors (Lipinski definition) is 1. The lowest BCUT2D eigenvalue weighted by molar-refractivity contribution is 0.395. The lowest BCUT2D eigenvalue weighted by Gasteiger charge is -2.21. The van der Waals surface area contributed by atoms with E-state index in [1.165, 1.54) is 18.3 Å². The average molecular weight is 269 g/mol. The van der Waals surface area contributed by atoms with Gasteiger partial charge in [-0.2, -0.15) is 4.31 Å². The molecule has 1 aromatic rings. The maximum absolute atomic E-state index is 12.5. The zero-order valence-electron chi connectivity index (χ0n) is 10.5. The van der Waals surface area contributed by atoms with Gasteiger partial charge < -0.3 is 5.73 Å². The van der Waals surface area contributed by atoms with E-state index < -0.39 is 10.0 Å². The summed E-state index contributed by atoms with van der Waals surface area (Å²) in [7, 11) is -3.43. The maximum Gasteiger partial charge on any atom is 0.243 e. The van der Waals surface area contributed by atoms with Gasteiger partial charge in [-0.05, 0) is 31.2 Å². The first-order valence-electron chi connectivity index (χ1n) is 6.25. The Morgan fingerprint density at radius 2 is 2.22 bits per heavy atom. The number of hydrogen-bond acceptors (Lipinski definition) is 4. The van der Waals surface area contributed by atoms with E-state index in [9.17, 15) is 8.42 Å². The maximum atomic E-state index is 12.5. The molecule has 0 aliphatic heterocycles. The van der Waals surface area contributed by atoms with E-state index in [0.29, 0.717) is 19.0 Å². The Bertz CT molecular complexity index is 512. The van der Waals surface area contributed by atoms with Gasteiger partial charge in [0.25, 0.3) is 0 Å². The third kappa shape index (κ3) is 3.00. The van der Waals surface area contributed by atoms with Crippen molar-refractivity contribution < 1.29 is 8.42 Å². The van der Waals surface area contributed by atoms with Crippen LogP contribution >= 0.6 is 0 Å². The monoisotopic (exact) mass is 269 g/mol. The van der Waals surface area contributed by atoms with Crippen LogP contribution in [-0.2, 0) is 10.0 Å². The summed E-state index contributed by atoms with van der Waals surface area (Å²) in [4.78, 5) is 4.07. The topological polar surface area (TPSA) is 76.3 Å². The third-order valence-electron chi connectivity index (χ3n) is 3.02. The number of rotatable bonds is 6. The molecule has 2 N–H and O–H groups in total. The molecule has 0 aromatic carbocycles. The van der Waals surface area contributed by atoms with Gasteiger partial charge >= 0.3 is 0 Å². The summed E-state index contributed by atoms with van der Waals surface area (Å²) in [5, 5.41) is 0. The summed E-state index contributed by atoms with van der Waals surface area (Å²) >= 11 is 0. The quantitative estimate of drug-likeness (QED) is 0.848. The van der Waals surface area contributed by atoms with E-state index in [4.69, 9.17) is 5.73 Å². The van der Waals surface area contributed by atoms with Crippen LogP contribution in [0.2, 0.25) is 0 Å². The van der Waals surface area contributed by atoms with E-state index in [0.717, 1.165) is 19.3 Å². The molecule has 0 radical (unpaired) electrons. The number of aromatic nitrogens is 1. The van der Waals surface area contributed by atoms with Crippen LogP contribution in [0.3, 0.4) is 0 Å². The fourth-order valence-corrected chi connectivity index (χ4v) is 3.52. The molecule has 18 heavy (non-hydrogen) atoms. The van der Waals surface area contributed by atoms with Crippen molar-refractivity contribution in [2.45, 2.75) is 31.1 Å². The molecule has 1 aliphatic carbocycles. The molecular formula is C12H19N3O2S. The molecule has 0 bridgehead atoms. The summed E-state index contributed by atoms with van der Waals surface area (Å²) in [6.07, 6.45) is 4.51. The predicted octanol–water partition coefficient (Wildman–Crippen LogP) is 1.47. The first kappa shape index (κ1) is 13.3. The zero-order valence-corrected chi connectivity index (χ0v) is 11.4. The Kier molecular flexibility index (Phi) is 3.87. The van der Waals surface area contributed by atoms with Crippen LogP contribution in [0, 0.1) is 5.92 Å². The molecule has 6 heteroatoms. The molecule has 1 aliphatic rings. The standard InChI is InChI=1S/C12H19N3O2S/c1-2-7-15(9-10-3-4-10)18(16,17)11-5-6-14-12(13)8-11/h5-6,8,10H,2-4,7,9H2,1H3,(H2,13,14). The van der Waals surface area contributed by atoms with E-state index >= 15 is 0 Å². The fraction of sp³-hybridized carbons (Fsp3) is 0.583. The SMILES string of the molecule is CCCN(CC1CC1)S(=O)(=O)c1ccnc(N)c1. The van der Waals surface area contributed by atoms with E-state index in [2.05, 4.69) is 4.98 Å². The highest BCUT2D eigenvalue weighted by Gasteiger charge is 2.31. The van der Waals surface area contributed by atoms with Crippen molar-refractivity contribution in [1.29, 1.82) is 0 Å². The molecule has 2 rings (SSSR count). The van der Waals surface area contributed by atoms with Crippen molar-refractivity contribution in [3.63, 3.8) is 0 Å². The second-order valence-corrected chi connectivity index (χ2v) is 6.66. The van der Waals surface area contributed by atoms with Gasteiger partial charge in [-0.25, -0.2) is 13.4 Å². The van der Waals surface area contributed by atoms with Gasteiger partial charge in [0.1, 0.15) is 5.82 Å². The van der Waals surface area contributed by atoms with Crippen molar-refractivity contribution >= 4 is 15.8 Å². The Balaban J connectivity index is 2.25. The van der Waals surface area contributed by atoms with E-state index in [1.54, 1.807) is 4.31 Å². The minimum Gasteiger partial charge on any atom is -0.384 e. The van der Waals surface area contributed by atoms with Crippen molar-refractivity contribution in [1.82, 2.24) is 9.29 Å². The molecule has 1 aromatic heterocycles. The van der Waals surface area contributed by atoms with Crippen LogP contribution in [0.15, 0.2) is 23.2 Å². The Hall–Kier alpha value is -1.14. The molecule has 0 amide bonds. The van der Waals surface area contributed by atoms with E-state index in [-0.39, 0.29) is 10.7 Å².